The molecule has 18 heavy (non-hydrogen) atoms. The molecule has 1 aromatic heterocycles. The van der Waals surface area contributed by atoms with Crippen molar-refractivity contribution in [2.45, 2.75) is 13.5 Å². The minimum absolute atomic E-state index is 0.0490. The van der Waals surface area contributed by atoms with Gasteiger partial charge in [0.25, 0.3) is 5.91 Å². The van der Waals surface area contributed by atoms with Crippen molar-refractivity contribution in [2.75, 3.05) is 7.05 Å². The van der Waals surface area contributed by atoms with E-state index >= 15 is 0 Å². The second-order valence-electron chi connectivity index (χ2n) is 4.06. The normalized spacial score (nSPS) is 10.4. The van der Waals surface area contributed by atoms with Crippen LogP contribution in [0.1, 0.15) is 21.7 Å². The Morgan fingerprint density at radius 3 is 2.89 bits per heavy atom. The topological polar surface area (TPSA) is 61.9 Å². The summed E-state index contributed by atoms with van der Waals surface area (Å²) in [7, 11) is 1.73. The van der Waals surface area contributed by atoms with Crippen LogP contribution < -0.4 is 0 Å². The van der Waals surface area contributed by atoms with E-state index in [4.69, 9.17) is 0 Å². The van der Waals surface area contributed by atoms with Gasteiger partial charge in [0.05, 0.1) is 6.54 Å². The van der Waals surface area contributed by atoms with Crippen LogP contribution in [0.4, 0.5) is 0 Å². The molecule has 1 N–H and O–H groups in total. The first-order chi connectivity index (χ1) is 8.58. The van der Waals surface area contributed by atoms with E-state index in [1.165, 1.54) is 6.33 Å². The van der Waals surface area contributed by atoms with Crippen LogP contribution in [0.3, 0.4) is 0 Å². The number of carbonyl (C=O) groups excluding carboxylic acids is 1. The number of benzene rings is 1. The highest BCUT2D eigenvalue weighted by molar-refractivity contribution is 9.10. The molecular formula is C12H13BrN4O. The molecule has 0 spiro atoms. The summed E-state index contributed by atoms with van der Waals surface area (Å²) in [5.74, 6) is 0.615. The first-order valence-electron chi connectivity index (χ1n) is 5.44. The molecule has 1 heterocycles. The number of amides is 1. The summed E-state index contributed by atoms with van der Waals surface area (Å²) < 4.78 is 0.932. The molecule has 0 unspecified atom stereocenters. The molecule has 94 valence electrons. The van der Waals surface area contributed by atoms with Crippen LogP contribution in [0.15, 0.2) is 29.0 Å². The van der Waals surface area contributed by atoms with Crippen LogP contribution in [0.2, 0.25) is 0 Å². The van der Waals surface area contributed by atoms with Crippen LogP contribution in [0.5, 0.6) is 0 Å². The number of aromatic nitrogens is 3. The average Bonchev–Trinajstić information content (AvgIpc) is 2.84. The summed E-state index contributed by atoms with van der Waals surface area (Å²) in [5.41, 5.74) is 1.75. The molecule has 2 rings (SSSR count). The number of nitrogens with one attached hydrogen (secondary N) is 1. The van der Waals surface area contributed by atoms with E-state index in [-0.39, 0.29) is 5.91 Å². The first kappa shape index (κ1) is 12.8. The van der Waals surface area contributed by atoms with Crippen LogP contribution in [-0.2, 0) is 6.54 Å². The molecule has 0 aliphatic rings. The van der Waals surface area contributed by atoms with Gasteiger partial charge in [-0.2, -0.15) is 5.10 Å². The molecule has 6 heteroatoms. The third-order valence-electron chi connectivity index (χ3n) is 2.62. The number of H-pyrrole nitrogens is 1. The molecule has 0 aliphatic heterocycles. The number of hydrogen-bond donors (Lipinski definition) is 1. The molecule has 0 fully saturated rings. The monoisotopic (exact) mass is 308 g/mol. The summed E-state index contributed by atoms with van der Waals surface area (Å²) in [6, 6.07) is 5.56. The molecule has 0 saturated carbocycles. The van der Waals surface area contributed by atoms with Crippen molar-refractivity contribution in [3.63, 3.8) is 0 Å². The fourth-order valence-electron chi connectivity index (χ4n) is 1.55. The van der Waals surface area contributed by atoms with Gasteiger partial charge in [0.1, 0.15) is 12.2 Å². The van der Waals surface area contributed by atoms with E-state index in [0.717, 1.165) is 10.0 Å². The predicted molar refractivity (Wildman–Crippen MR) is 71.1 cm³/mol. The quantitative estimate of drug-likeness (QED) is 0.945. The Bertz CT molecular complexity index is 553. The molecule has 0 bridgehead atoms. The largest absolute Gasteiger partial charge is 0.334 e. The summed E-state index contributed by atoms with van der Waals surface area (Å²) >= 11 is 3.42. The van der Waals surface area contributed by atoms with Gasteiger partial charge in [-0.15, -0.1) is 0 Å². The number of aromatic amines is 1. The second-order valence-corrected chi connectivity index (χ2v) is 4.91. The lowest BCUT2D eigenvalue weighted by atomic mass is 10.1. The molecule has 0 radical (unpaired) electrons. The van der Waals surface area contributed by atoms with Crippen LogP contribution in [0, 0.1) is 6.92 Å². The standard InChI is InChI=1S/C12H13BrN4O/c1-8-3-4-9(5-10(8)13)12(18)17(2)6-11-14-7-15-16-11/h3-5,7H,6H2,1-2H3,(H,14,15,16). The lowest BCUT2D eigenvalue weighted by Crippen LogP contribution is -2.26. The Hall–Kier alpha value is -1.69. The van der Waals surface area contributed by atoms with Gasteiger partial charge in [0.15, 0.2) is 0 Å². The third kappa shape index (κ3) is 2.76. The Kier molecular flexibility index (Phi) is 3.76. The first-order valence-corrected chi connectivity index (χ1v) is 6.23. The number of nitrogens with zero attached hydrogens (tertiary/aromatic N) is 3. The van der Waals surface area contributed by atoms with Gasteiger partial charge in [-0.05, 0) is 24.6 Å². The van der Waals surface area contributed by atoms with Crippen LogP contribution in [-0.4, -0.2) is 33.0 Å². The van der Waals surface area contributed by atoms with Crippen molar-refractivity contribution in [3.8, 4) is 0 Å². The van der Waals surface area contributed by atoms with Gasteiger partial charge < -0.3 is 4.90 Å². The summed E-state index contributed by atoms with van der Waals surface area (Å²) in [4.78, 5) is 17.8. The fourth-order valence-corrected chi connectivity index (χ4v) is 1.93. The zero-order valence-electron chi connectivity index (χ0n) is 10.1. The average molecular weight is 309 g/mol. The van der Waals surface area contributed by atoms with Crippen LogP contribution >= 0.6 is 15.9 Å². The number of halogens is 1. The van der Waals surface area contributed by atoms with E-state index in [1.54, 1.807) is 11.9 Å². The molecular weight excluding hydrogens is 296 g/mol. The highest BCUT2D eigenvalue weighted by atomic mass is 79.9. The third-order valence-corrected chi connectivity index (χ3v) is 3.47. The zero-order valence-corrected chi connectivity index (χ0v) is 11.7. The minimum atomic E-state index is -0.0490. The van der Waals surface area contributed by atoms with Gasteiger partial charge in [0.2, 0.25) is 0 Å². The second kappa shape index (κ2) is 5.30. The van der Waals surface area contributed by atoms with E-state index in [2.05, 4.69) is 31.1 Å². The van der Waals surface area contributed by atoms with Crippen molar-refractivity contribution in [2.24, 2.45) is 0 Å². The van der Waals surface area contributed by atoms with E-state index in [9.17, 15) is 4.79 Å². The SMILES string of the molecule is Cc1ccc(C(=O)N(C)Cc2ncn[nH]2)cc1Br. The van der Waals surface area contributed by atoms with Gasteiger partial charge in [-0.25, -0.2) is 4.98 Å². The Morgan fingerprint density at radius 1 is 1.50 bits per heavy atom. The highest BCUT2D eigenvalue weighted by Crippen LogP contribution is 2.18. The summed E-state index contributed by atoms with van der Waals surface area (Å²) in [5, 5.41) is 6.48. The molecule has 5 nitrogen and oxygen atoms in total. The number of carbonyl (C=O) groups is 1. The van der Waals surface area contributed by atoms with Crippen molar-refractivity contribution >= 4 is 21.8 Å². The maximum atomic E-state index is 12.2. The van der Waals surface area contributed by atoms with Crippen molar-refractivity contribution in [1.29, 1.82) is 0 Å². The summed E-state index contributed by atoms with van der Waals surface area (Å²) in [6.07, 6.45) is 1.43. The predicted octanol–water partition coefficient (Wildman–Crippen LogP) is 2.15. The van der Waals surface area contributed by atoms with Gasteiger partial charge in [-0.3, -0.25) is 9.89 Å². The molecule has 0 saturated heterocycles. The fraction of sp³-hybridized carbons (Fsp3) is 0.250. The zero-order chi connectivity index (χ0) is 13.1. The molecule has 0 atom stereocenters. The van der Waals surface area contributed by atoms with E-state index < -0.39 is 0 Å². The highest BCUT2D eigenvalue weighted by Gasteiger charge is 2.13. The Balaban J connectivity index is 2.12. The summed E-state index contributed by atoms with van der Waals surface area (Å²) in [6.45, 7) is 2.39. The van der Waals surface area contributed by atoms with E-state index in [1.807, 2.05) is 25.1 Å². The number of rotatable bonds is 3. The number of hydrogen-bond acceptors (Lipinski definition) is 3. The van der Waals surface area contributed by atoms with E-state index in [0.29, 0.717) is 17.9 Å². The lowest BCUT2D eigenvalue weighted by molar-refractivity contribution is 0.0781. The number of aryl methyl sites for hydroxylation is 1. The minimum Gasteiger partial charge on any atom is -0.334 e. The van der Waals surface area contributed by atoms with Crippen molar-refractivity contribution in [1.82, 2.24) is 20.1 Å². The van der Waals surface area contributed by atoms with Crippen molar-refractivity contribution < 1.29 is 4.79 Å². The maximum absolute atomic E-state index is 12.2. The van der Waals surface area contributed by atoms with Gasteiger partial charge in [-0.1, -0.05) is 22.0 Å². The molecule has 2 aromatic rings. The molecule has 1 amide bonds. The van der Waals surface area contributed by atoms with Crippen LogP contribution in [0.25, 0.3) is 0 Å². The maximum Gasteiger partial charge on any atom is 0.254 e. The Morgan fingerprint density at radius 2 is 2.28 bits per heavy atom. The van der Waals surface area contributed by atoms with Crippen molar-refractivity contribution in [3.05, 3.63) is 46.0 Å². The molecule has 0 aliphatic carbocycles. The van der Waals surface area contributed by atoms with Gasteiger partial charge in [0, 0.05) is 17.1 Å². The Labute approximate surface area is 113 Å². The lowest BCUT2D eigenvalue weighted by Gasteiger charge is -2.16. The molecule has 1 aromatic carbocycles. The van der Waals surface area contributed by atoms with Gasteiger partial charge >= 0.3 is 0 Å². The smallest absolute Gasteiger partial charge is 0.254 e.